The van der Waals surface area contributed by atoms with Gasteiger partial charge in [-0.25, -0.2) is 4.98 Å². The number of H-pyrrole nitrogens is 1. The van der Waals surface area contributed by atoms with Gasteiger partial charge in [0.25, 0.3) is 0 Å². The van der Waals surface area contributed by atoms with Crippen LogP contribution < -0.4 is 0 Å². The number of aryl methyl sites for hydroxylation is 1. The van der Waals surface area contributed by atoms with Gasteiger partial charge in [-0.3, -0.25) is 5.10 Å². The van der Waals surface area contributed by atoms with Crippen LogP contribution in [0.4, 0.5) is 0 Å². The second-order valence-corrected chi connectivity index (χ2v) is 4.15. The molecule has 0 atom stereocenters. The maximum Gasteiger partial charge on any atom is 0.155 e. The third kappa shape index (κ3) is 2.42. The van der Waals surface area contributed by atoms with Crippen LogP contribution in [0.25, 0.3) is 11.4 Å². The molecule has 0 radical (unpaired) electrons. The van der Waals surface area contributed by atoms with Gasteiger partial charge in [0, 0.05) is 10.6 Å². The molecule has 2 rings (SSSR count). The minimum absolute atomic E-state index is 0.754. The lowest BCUT2D eigenvalue weighted by molar-refractivity contribution is 0.795. The van der Waals surface area contributed by atoms with Crippen LogP contribution in [0.2, 0.25) is 5.02 Å². The molecule has 1 N–H and O–H groups in total. The summed E-state index contributed by atoms with van der Waals surface area (Å²) in [6.07, 6.45) is 4.88. The van der Waals surface area contributed by atoms with Gasteiger partial charge >= 0.3 is 0 Å². The zero-order valence-corrected chi connectivity index (χ0v) is 9.96. The second kappa shape index (κ2) is 5.12. The molecule has 1 aromatic carbocycles. The largest absolute Gasteiger partial charge is 0.259 e. The molecule has 0 spiro atoms. The monoisotopic (exact) mass is 235 g/mol. The Balaban J connectivity index is 2.23. The molecule has 0 unspecified atom stereocenters. The van der Waals surface area contributed by atoms with E-state index in [-0.39, 0.29) is 0 Å². The number of unbranched alkanes of at least 4 members (excludes halogenated alkanes) is 1. The molecular formula is C12H14ClN3. The van der Waals surface area contributed by atoms with Crippen molar-refractivity contribution in [3.8, 4) is 11.4 Å². The predicted octanol–water partition coefficient (Wildman–Crippen LogP) is 3.47. The van der Waals surface area contributed by atoms with Crippen LogP contribution >= 0.6 is 11.6 Å². The van der Waals surface area contributed by atoms with Crippen molar-refractivity contribution in [3.63, 3.8) is 0 Å². The Morgan fingerprint density at radius 3 is 2.88 bits per heavy atom. The zero-order chi connectivity index (χ0) is 11.4. The molecule has 0 saturated carbocycles. The first-order chi connectivity index (χ1) is 7.81. The van der Waals surface area contributed by atoms with E-state index in [9.17, 15) is 0 Å². The number of hydrogen-bond donors (Lipinski definition) is 1. The van der Waals surface area contributed by atoms with E-state index in [1.54, 1.807) is 0 Å². The average molecular weight is 236 g/mol. The highest BCUT2D eigenvalue weighted by atomic mass is 35.5. The summed E-state index contributed by atoms with van der Waals surface area (Å²) in [5.41, 5.74) is 2.18. The topological polar surface area (TPSA) is 41.6 Å². The summed E-state index contributed by atoms with van der Waals surface area (Å²) in [4.78, 5) is 4.09. The molecule has 0 bridgehead atoms. The molecule has 2 aromatic rings. The van der Waals surface area contributed by atoms with E-state index in [0.717, 1.165) is 22.8 Å². The molecule has 0 aliphatic carbocycles. The molecule has 84 valence electrons. The standard InChI is InChI=1S/C12H14ClN3/c1-2-3-4-9-5-6-10(7-11(9)13)12-14-8-15-16-12/h5-8H,2-4H2,1H3,(H,14,15,16). The number of benzene rings is 1. The van der Waals surface area contributed by atoms with Crippen molar-refractivity contribution in [2.24, 2.45) is 0 Å². The van der Waals surface area contributed by atoms with Gasteiger partial charge in [-0.2, -0.15) is 5.10 Å². The first-order valence-corrected chi connectivity index (χ1v) is 5.83. The highest BCUT2D eigenvalue weighted by molar-refractivity contribution is 6.31. The molecule has 0 aliphatic rings. The molecule has 0 amide bonds. The molecular weight excluding hydrogens is 222 g/mol. The maximum atomic E-state index is 6.22. The zero-order valence-electron chi connectivity index (χ0n) is 9.20. The number of aromatic nitrogens is 3. The van der Waals surface area contributed by atoms with Gasteiger partial charge in [0.05, 0.1) is 0 Å². The third-order valence-electron chi connectivity index (χ3n) is 2.54. The molecule has 16 heavy (non-hydrogen) atoms. The lowest BCUT2D eigenvalue weighted by Gasteiger charge is -2.04. The highest BCUT2D eigenvalue weighted by Crippen LogP contribution is 2.24. The second-order valence-electron chi connectivity index (χ2n) is 3.74. The Morgan fingerprint density at radius 2 is 2.25 bits per heavy atom. The van der Waals surface area contributed by atoms with Crippen LogP contribution in [0.3, 0.4) is 0 Å². The van der Waals surface area contributed by atoms with Crippen LogP contribution in [-0.4, -0.2) is 15.2 Å². The van der Waals surface area contributed by atoms with E-state index in [4.69, 9.17) is 11.6 Å². The van der Waals surface area contributed by atoms with E-state index in [2.05, 4.69) is 28.2 Å². The fourth-order valence-electron chi connectivity index (χ4n) is 1.61. The number of halogens is 1. The smallest absolute Gasteiger partial charge is 0.155 e. The Labute approximate surface area is 99.9 Å². The SMILES string of the molecule is CCCCc1ccc(-c2ncn[nH]2)cc1Cl. The van der Waals surface area contributed by atoms with Gasteiger partial charge in [-0.15, -0.1) is 0 Å². The van der Waals surface area contributed by atoms with E-state index in [1.165, 1.54) is 24.7 Å². The van der Waals surface area contributed by atoms with Gasteiger partial charge in [-0.1, -0.05) is 37.1 Å². The van der Waals surface area contributed by atoms with Crippen LogP contribution in [0, 0.1) is 0 Å². The molecule has 4 heteroatoms. The van der Waals surface area contributed by atoms with Gasteiger partial charge < -0.3 is 0 Å². The first kappa shape index (κ1) is 11.1. The van der Waals surface area contributed by atoms with Gasteiger partial charge in [-0.05, 0) is 24.5 Å². The predicted molar refractivity (Wildman–Crippen MR) is 65.4 cm³/mol. The molecule has 1 heterocycles. The molecule has 0 fully saturated rings. The fourth-order valence-corrected chi connectivity index (χ4v) is 1.88. The molecule has 1 aromatic heterocycles. The van der Waals surface area contributed by atoms with Crippen molar-refractivity contribution < 1.29 is 0 Å². The summed E-state index contributed by atoms with van der Waals surface area (Å²) in [7, 11) is 0. The van der Waals surface area contributed by atoms with Crippen molar-refractivity contribution in [2.45, 2.75) is 26.2 Å². The fraction of sp³-hybridized carbons (Fsp3) is 0.333. The van der Waals surface area contributed by atoms with Crippen LogP contribution in [0.15, 0.2) is 24.5 Å². The summed E-state index contributed by atoms with van der Waals surface area (Å²) in [6.45, 7) is 2.18. The van der Waals surface area contributed by atoms with Gasteiger partial charge in [0.2, 0.25) is 0 Å². The van der Waals surface area contributed by atoms with E-state index in [1.807, 2.05) is 12.1 Å². The average Bonchev–Trinajstić information content (AvgIpc) is 2.81. The Bertz CT molecular complexity index is 451. The minimum Gasteiger partial charge on any atom is -0.259 e. The molecule has 0 aliphatic heterocycles. The van der Waals surface area contributed by atoms with Crippen molar-refractivity contribution in [2.75, 3.05) is 0 Å². The normalized spacial score (nSPS) is 10.6. The number of rotatable bonds is 4. The van der Waals surface area contributed by atoms with Crippen LogP contribution in [0.5, 0.6) is 0 Å². The Kier molecular flexibility index (Phi) is 3.57. The van der Waals surface area contributed by atoms with E-state index < -0.39 is 0 Å². The summed E-state index contributed by atoms with van der Waals surface area (Å²) in [5.74, 6) is 0.754. The summed E-state index contributed by atoms with van der Waals surface area (Å²) in [5, 5.41) is 7.45. The van der Waals surface area contributed by atoms with Gasteiger partial charge in [0.1, 0.15) is 6.33 Å². The minimum atomic E-state index is 0.754. The summed E-state index contributed by atoms with van der Waals surface area (Å²) >= 11 is 6.22. The van der Waals surface area contributed by atoms with E-state index in [0.29, 0.717) is 0 Å². The van der Waals surface area contributed by atoms with Crippen molar-refractivity contribution in [1.29, 1.82) is 0 Å². The maximum absolute atomic E-state index is 6.22. The van der Waals surface area contributed by atoms with Gasteiger partial charge in [0.15, 0.2) is 5.82 Å². The number of nitrogens with zero attached hydrogens (tertiary/aromatic N) is 2. The number of hydrogen-bond acceptors (Lipinski definition) is 2. The molecule has 0 saturated heterocycles. The van der Waals surface area contributed by atoms with E-state index >= 15 is 0 Å². The van der Waals surface area contributed by atoms with Crippen LogP contribution in [0.1, 0.15) is 25.3 Å². The molecule has 3 nitrogen and oxygen atoms in total. The van der Waals surface area contributed by atoms with Crippen molar-refractivity contribution in [3.05, 3.63) is 35.1 Å². The van der Waals surface area contributed by atoms with Crippen molar-refractivity contribution >= 4 is 11.6 Å². The lowest BCUT2D eigenvalue weighted by atomic mass is 10.1. The summed E-state index contributed by atoms with van der Waals surface area (Å²) < 4.78 is 0. The Morgan fingerprint density at radius 1 is 1.38 bits per heavy atom. The Hall–Kier alpha value is -1.35. The number of nitrogens with one attached hydrogen (secondary N) is 1. The van der Waals surface area contributed by atoms with Crippen LogP contribution in [-0.2, 0) is 6.42 Å². The third-order valence-corrected chi connectivity index (χ3v) is 2.89. The highest BCUT2D eigenvalue weighted by Gasteiger charge is 2.05. The quantitative estimate of drug-likeness (QED) is 0.882. The summed E-state index contributed by atoms with van der Waals surface area (Å²) in [6, 6.07) is 6.03. The number of aromatic amines is 1. The lowest BCUT2D eigenvalue weighted by Crippen LogP contribution is -1.88. The first-order valence-electron chi connectivity index (χ1n) is 5.45. The van der Waals surface area contributed by atoms with Crippen molar-refractivity contribution in [1.82, 2.24) is 15.2 Å².